The largest absolute Gasteiger partial charge is 0.341 e. The van der Waals surface area contributed by atoms with Crippen LogP contribution in [0.2, 0.25) is 0 Å². The van der Waals surface area contributed by atoms with Gasteiger partial charge in [-0.1, -0.05) is 24.3 Å². The molecule has 2 aliphatic rings. The number of rotatable bonds is 3. The molecule has 0 amide bonds. The molecule has 0 N–H and O–H groups in total. The van der Waals surface area contributed by atoms with Crippen LogP contribution in [0.15, 0.2) is 65.6 Å². The van der Waals surface area contributed by atoms with Gasteiger partial charge in [0.2, 0.25) is 5.79 Å². The summed E-state index contributed by atoms with van der Waals surface area (Å²) in [5, 5.41) is 9.12. The minimum Gasteiger partial charge on any atom is -0.341 e. The Kier molecular flexibility index (Phi) is 5.40. The second-order valence-corrected chi connectivity index (χ2v) is 11.1. The van der Waals surface area contributed by atoms with Gasteiger partial charge in [-0.2, -0.15) is 5.26 Å². The average molecular weight is 488 g/mol. The van der Waals surface area contributed by atoms with Gasteiger partial charge in [0.15, 0.2) is 0 Å². The second kappa shape index (κ2) is 8.43. The summed E-state index contributed by atoms with van der Waals surface area (Å²) >= 11 is 5.31. The van der Waals surface area contributed by atoms with Crippen molar-refractivity contribution in [3.05, 3.63) is 87.1 Å². The minimum atomic E-state index is -0.807. The van der Waals surface area contributed by atoms with Crippen LogP contribution >= 0.6 is 34.4 Å². The van der Waals surface area contributed by atoms with Gasteiger partial charge in [0, 0.05) is 14.6 Å². The molecule has 6 rings (SSSR count). The molecule has 4 heterocycles. The molecule has 2 aliphatic heterocycles. The van der Waals surface area contributed by atoms with Crippen LogP contribution in [0.5, 0.6) is 0 Å². The Morgan fingerprint density at radius 2 is 1.33 bits per heavy atom. The van der Waals surface area contributed by atoms with Gasteiger partial charge < -0.3 is 9.47 Å². The van der Waals surface area contributed by atoms with E-state index in [1.54, 1.807) is 34.4 Å². The van der Waals surface area contributed by atoms with Gasteiger partial charge in [-0.15, -0.1) is 34.4 Å². The van der Waals surface area contributed by atoms with Crippen molar-refractivity contribution in [3.8, 4) is 27.0 Å². The number of thioether (sulfide) groups is 1. The zero-order valence-corrected chi connectivity index (χ0v) is 20.5. The molecule has 0 radical (unpaired) electrons. The third-order valence-electron chi connectivity index (χ3n) is 6.24. The summed E-state index contributed by atoms with van der Waals surface area (Å²) in [5.41, 5.74) is 5.68. The van der Waals surface area contributed by atoms with E-state index in [-0.39, 0.29) is 0 Å². The van der Waals surface area contributed by atoms with Crippen molar-refractivity contribution in [2.24, 2.45) is 0 Å². The summed E-state index contributed by atoms with van der Waals surface area (Å²) in [6.45, 7) is 1.30. The fourth-order valence-electron chi connectivity index (χ4n) is 4.55. The topological polar surface area (TPSA) is 42.2 Å². The Bertz CT molecular complexity index is 1360. The molecule has 0 saturated heterocycles. The first-order valence-electron chi connectivity index (χ1n) is 10.9. The molecule has 1 atom stereocenters. The van der Waals surface area contributed by atoms with Crippen LogP contribution in [-0.4, -0.2) is 19.5 Å². The maximum atomic E-state index is 9.12. The van der Waals surface area contributed by atoms with Crippen LogP contribution < -0.4 is 0 Å². The van der Waals surface area contributed by atoms with E-state index in [4.69, 9.17) is 14.7 Å². The standard InChI is InChI=1S/C27H21NO2S3/c1-31-22-8-6-19(7-9-22)24-15-21-11-13-30-27(26(21)33-24)25-20(10-12-29-27)14-23(32-25)18-4-2-17(16-28)3-5-18/h2-9,14-15H,10-13H2,1H3. The van der Waals surface area contributed by atoms with E-state index in [0.29, 0.717) is 18.8 Å². The fourth-order valence-corrected chi connectivity index (χ4v) is 7.67. The first kappa shape index (κ1) is 21.2. The van der Waals surface area contributed by atoms with E-state index in [2.05, 4.69) is 48.7 Å². The van der Waals surface area contributed by atoms with Gasteiger partial charge in [-0.25, -0.2) is 0 Å². The molecule has 2 aromatic carbocycles. The van der Waals surface area contributed by atoms with Gasteiger partial charge in [0.1, 0.15) is 0 Å². The third kappa shape index (κ3) is 3.56. The highest BCUT2D eigenvalue weighted by Crippen LogP contribution is 2.52. The van der Waals surface area contributed by atoms with Crippen LogP contribution in [0.25, 0.3) is 20.9 Å². The van der Waals surface area contributed by atoms with E-state index < -0.39 is 5.79 Å². The highest BCUT2D eigenvalue weighted by atomic mass is 32.2. The highest BCUT2D eigenvalue weighted by molar-refractivity contribution is 7.98. The minimum absolute atomic E-state index is 0.644. The van der Waals surface area contributed by atoms with Crippen molar-refractivity contribution < 1.29 is 9.47 Å². The molecule has 1 unspecified atom stereocenters. The van der Waals surface area contributed by atoms with Gasteiger partial charge in [0.25, 0.3) is 0 Å². The molecule has 164 valence electrons. The quantitative estimate of drug-likeness (QED) is 0.290. The Labute approximate surface area is 205 Å². The summed E-state index contributed by atoms with van der Waals surface area (Å²) in [7, 11) is 0. The van der Waals surface area contributed by atoms with E-state index >= 15 is 0 Å². The third-order valence-corrected chi connectivity index (χ3v) is 9.60. The van der Waals surface area contributed by atoms with E-state index in [9.17, 15) is 0 Å². The number of benzene rings is 2. The average Bonchev–Trinajstić information content (AvgIpc) is 3.51. The zero-order chi connectivity index (χ0) is 22.4. The highest BCUT2D eigenvalue weighted by Gasteiger charge is 2.47. The molecule has 3 nitrogen and oxygen atoms in total. The lowest BCUT2D eigenvalue weighted by molar-refractivity contribution is -0.225. The number of nitrogens with zero attached hydrogens (tertiary/aromatic N) is 1. The van der Waals surface area contributed by atoms with Gasteiger partial charge >= 0.3 is 0 Å². The number of nitriles is 1. The number of thiophene rings is 2. The number of hydrogen-bond donors (Lipinski definition) is 0. The summed E-state index contributed by atoms with van der Waals surface area (Å²) in [6, 6.07) is 23.4. The SMILES string of the molecule is CSc1ccc(-c2cc3c(s2)C2(OCCc4cc(-c5ccc(C#N)cc5)sc42)OCC3)cc1. The van der Waals surface area contributed by atoms with Crippen molar-refractivity contribution in [3.63, 3.8) is 0 Å². The molecule has 0 bridgehead atoms. The van der Waals surface area contributed by atoms with Crippen molar-refractivity contribution in [2.45, 2.75) is 23.5 Å². The van der Waals surface area contributed by atoms with Crippen molar-refractivity contribution >= 4 is 34.4 Å². The van der Waals surface area contributed by atoms with Crippen LogP contribution in [-0.2, 0) is 28.1 Å². The molecule has 1 spiro atoms. The molecule has 33 heavy (non-hydrogen) atoms. The molecule has 0 aliphatic carbocycles. The fraction of sp³-hybridized carbons (Fsp3) is 0.222. The maximum Gasteiger partial charge on any atom is 0.241 e. The zero-order valence-electron chi connectivity index (χ0n) is 18.1. The van der Waals surface area contributed by atoms with Gasteiger partial charge in [-0.3, -0.25) is 0 Å². The molecule has 2 aromatic heterocycles. The van der Waals surface area contributed by atoms with Crippen molar-refractivity contribution in [2.75, 3.05) is 19.5 Å². The van der Waals surface area contributed by atoms with Crippen LogP contribution in [0, 0.1) is 11.3 Å². The molecule has 4 aromatic rings. The maximum absolute atomic E-state index is 9.12. The predicted molar refractivity (Wildman–Crippen MR) is 136 cm³/mol. The van der Waals surface area contributed by atoms with Crippen LogP contribution in [0.1, 0.15) is 26.4 Å². The van der Waals surface area contributed by atoms with Crippen molar-refractivity contribution in [1.82, 2.24) is 0 Å². The van der Waals surface area contributed by atoms with Gasteiger partial charge in [0.05, 0.1) is 34.6 Å². The Morgan fingerprint density at radius 1 is 0.818 bits per heavy atom. The second-order valence-electron chi connectivity index (χ2n) is 8.16. The predicted octanol–water partition coefficient (Wildman–Crippen LogP) is 7.08. The lowest BCUT2D eigenvalue weighted by Gasteiger charge is -2.39. The first-order chi connectivity index (χ1) is 16.2. The lowest BCUT2D eigenvalue weighted by atomic mass is 9.97. The molecule has 6 heteroatoms. The number of hydrogen-bond acceptors (Lipinski definition) is 6. The van der Waals surface area contributed by atoms with E-state index in [1.165, 1.54) is 41.1 Å². The normalized spacial score (nSPS) is 19.2. The number of ether oxygens (including phenoxy) is 2. The summed E-state index contributed by atoms with van der Waals surface area (Å²) in [5.74, 6) is -0.807. The monoisotopic (exact) mass is 487 g/mol. The van der Waals surface area contributed by atoms with Crippen LogP contribution in [0.3, 0.4) is 0 Å². The smallest absolute Gasteiger partial charge is 0.241 e. The summed E-state index contributed by atoms with van der Waals surface area (Å²) in [4.78, 5) is 6.08. The Morgan fingerprint density at radius 3 is 1.82 bits per heavy atom. The Hall–Kier alpha value is -2.40. The molecular formula is C27H21NO2S3. The van der Waals surface area contributed by atoms with Gasteiger partial charge in [-0.05, 0) is 77.7 Å². The lowest BCUT2D eigenvalue weighted by Crippen LogP contribution is -2.41. The summed E-state index contributed by atoms with van der Waals surface area (Å²) in [6.07, 6.45) is 3.89. The number of fused-ring (bicyclic) bond motifs is 4. The van der Waals surface area contributed by atoms with E-state index in [0.717, 1.165) is 18.4 Å². The van der Waals surface area contributed by atoms with Crippen molar-refractivity contribution in [1.29, 1.82) is 5.26 Å². The summed E-state index contributed by atoms with van der Waals surface area (Å²) < 4.78 is 13.0. The van der Waals surface area contributed by atoms with Crippen LogP contribution in [0.4, 0.5) is 0 Å². The van der Waals surface area contributed by atoms with E-state index in [1.807, 2.05) is 24.3 Å². The molecule has 0 fully saturated rings. The first-order valence-corrected chi connectivity index (χ1v) is 13.8. The molecule has 0 saturated carbocycles. The molecular weight excluding hydrogens is 467 g/mol. The Balaban J connectivity index is 1.43.